The molecule has 2 atom stereocenters. The van der Waals surface area contributed by atoms with Gasteiger partial charge < -0.3 is 24.4 Å². The van der Waals surface area contributed by atoms with Gasteiger partial charge >= 0.3 is 15.9 Å². The highest BCUT2D eigenvalue weighted by Crippen LogP contribution is 2.41. The molecule has 2 fully saturated rings. The van der Waals surface area contributed by atoms with Crippen molar-refractivity contribution in [1.82, 2.24) is 18.8 Å². The zero-order valence-electron chi connectivity index (χ0n) is 39.0. The smallest absolute Gasteiger partial charge is 0.333 e. The van der Waals surface area contributed by atoms with E-state index < -0.39 is 28.5 Å². The fraction of sp³-hybridized carbons (Fsp3) is 0.222. The van der Waals surface area contributed by atoms with Gasteiger partial charge in [0.25, 0.3) is 5.91 Å². The first-order valence-electron chi connectivity index (χ1n) is 23.3. The number of hydrogen-bond acceptors (Lipinski definition) is 10. The molecule has 6 aromatic carbocycles. The molecule has 2 saturated heterocycles. The second-order valence-electron chi connectivity index (χ2n) is 17.9. The second-order valence-corrected chi connectivity index (χ2v) is 19.5. The van der Waals surface area contributed by atoms with Gasteiger partial charge in [-0.2, -0.15) is 13.4 Å². The summed E-state index contributed by atoms with van der Waals surface area (Å²) in [6, 6.07) is 44.3. The van der Waals surface area contributed by atoms with E-state index in [0.717, 1.165) is 34.3 Å². The Bertz CT molecular complexity index is 3460. The number of nitrogens with zero attached hydrogens (tertiary/aromatic N) is 5. The maximum absolute atomic E-state index is 16.4. The molecular weight excluding hydrogens is 926 g/mol. The summed E-state index contributed by atoms with van der Waals surface area (Å²) in [6.45, 7) is 3.46. The molecule has 0 radical (unpaired) electrons. The summed E-state index contributed by atoms with van der Waals surface area (Å²) < 4.78 is 66.3. The normalized spacial score (nSPS) is 16.5. The molecule has 15 nitrogen and oxygen atoms in total. The molecule has 0 aliphatic carbocycles. The van der Waals surface area contributed by atoms with Crippen molar-refractivity contribution < 1.29 is 36.6 Å². The van der Waals surface area contributed by atoms with Crippen molar-refractivity contribution in [3.8, 4) is 23.2 Å². The predicted octanol–water partition coefficient (Wildman–Crippen LogP) is 8.43. The van der Waals surface area contributed by atoms with Gasteiger partial charge in [0, 0.05) is 49.4 Å². The molecule has 2 N–H and O–H groups in total. The third-order valence-electron chi connectivity index (χ3n) is 13.0. The maximum atomic E-state index is 16.4. The summed E-state index contributed by atoms with van der Waals surface area (Å²) >= 11 is 0. The average molecular weight is 976 g/mol. The van der Waals surface area contributed by atoms with Crippen molar-refractivity contribution >= 4 is 60.9 Å². The number of rotatable bonds is 15. The van der Waals surface area contributed by atoms with Crippen LogP contribution in [-0.2, 0) is 46.7 Å². The zero-order valence-corrected chi connectivity index (χ0v) is 39.8. The summed E-state index contributed by atoms with van der Waals surface area (Å²) in [5, 5.41) is 3.43. The van der Waals surface area contributed by atoms with Gasteiger partial charge in [0.1, 0.15) is 43.5 Å². The Morgan fingerprint density at radius 3 is 2.10 bits per heavy atom. The minimum absolute atomic E-state index is 0.00951. The van der Waals surface area contributed by atoms with Gasteiger partial charge in [0.05, 0.1) is 11.0 Å². The molecule has 0 bridgehead atoms. The largest absolute Gasteiger partial charge is 0.487 e. The standard InChI is InChI=1S/C54H50FN7O8S/c1-35-30-60(42-19-21-44-46(29-42)59(2)54(65)62(44)45-22-23-50(69-33-37-14-8-4-9-15-37)57-53(45)70-34-38-16-10-5-11-17-38)25-24-39(35)28-48(63)56-41-18-20-43-40(26-41)27-47(68-32-36-12-6-3-7-13-36)52(51(43)55)61-31-49(64)58-71(61,66)67/h3-23,26-27,29,35,39H,24-25,28,30-34H2,1-2H3,(H,56,63)(H,58,64)/t35-,39+/m1/s1. The van der Waals surface area contributed by atoms with Crippen LogP contribution >= 0.6 is 0 Å². The van der Waals surface area contributed by atoms with E-state index in [-0.39, 0.29) is 65.8 Å². The number of anilines is 3. The van der Waals surface area contributed by atoms with Crippen LogP contribution in [0.1, 0.15) is 36.5 Å². The summed E-state index contributed by atoms with van der Waals surface area (Å²) in [7, 11) is -2.61. The van der Waals surface area contributed by atoms with Crippen LogP contribution in [-0.4, -0.2) is 54.0 Å². The Labute approximate surface area is 409 Å². The lowest BCUT2D eigenvalue weighted by atomic mass is 9.84. The molecule has 8 aromatic rings. The number of amides is 2. The van der Waals surface area contributed by atoms with Gasteiger partial charge in [-0.05, 0) is 88.9 Å². The van der Waals surface area contributed by atoms with Crippen molar-refractivity contribution in [2.45, 2.75) is 39.6 Å². The Hall–Kier alpha value is -8.18. The lowest BCUT2D eigenvalue weighted by molar-refractivity contribution is -0.118. The summed E-state index contributed by atoms with van der Waals surface area (Å²) in [5.74, 6) is -1.12. The SMILES string of the molecule is C[C@@H]1CN(c2ccc3c(c2)n(C)c(=O)n3-c2ccc(OCc3ccccc3)nc2OCc2ccccc2)CC[C@H]1CC(=O)Nc1ccc2c(F)c(N3CC(=O)NS3(=O)=O)c(OCc3ccccc3)cc2c1. The van der Waals surface area contributed by atoms with Crippen LogP contribution in [0.15, 0.2) is 150 Å². The Kier molecular flexibility index (Phi) is 12.9. The van der Waals surface area contributed by atoms with E-state index in [2.05, 4.69) is 17.1 Å². The third-order valence-corrected chi connectivity index (χ3v) is 14.4. The van der Waals surface area contributed by atoms with Gasteiger partial charge in [-0.1, -0.05) is 97.9 Å². The fourth-order valence-corrected chi connectivity index (χ4v) is 10.5. The molecule has 10 rings (SSSR count). The van der Waals surface area contributed by atoms with E-state index in [0.29, 0.717) is 52.2 Å². The highest BCUT2D eigenvalue weighted by atomic mass is 32.2. The van der Waals surface area contributed by atoms with E-state index in [9.17, 15) is 22.8 Å². The molecule has 2 aliphatic heterocycles. The van der Waals surface area contributed by atoms with Gasteiger partial charge in [-0.3, -0.25) is 18.7 Å². The lowest BCUT2D eigenvalue weighted by Crippen LogP contribution is -2.40. The Morgan fingerprint density at radius 2 is 1.45 bits per heavy atom. The van der Waals surface area contributed by atoms with E-state index in [1.165, 1.54) is 12.1 Å². The van der Waals surface area contributed by atoms with Crippen LogP contribution in [0.2, 0.25) is 0 Å². The van der Waals surface area contributed by atoms with E-state index >= 15 is 4.39 Å². The molecule has 0 unspecified atom stereocenters. The molecule has 0 saturated carbocycles. The number of hydrogen-bond donors (Lipinski definition) is 2. The van der Waals surface area contributed by atoms with Gasteiger partial charge in [-0.25, -0.2) is 18.2 Å². The number of halogens is 1. The molecule has 4 heterocycles. The molecule has 362 valence electrons. The van der Waals surface area contributed by atoms with Crippen LogP contribution in [0.4, 0.5) is 21.5 Å². The van der Waals surface area contributed by atoms with Crippen LogP contribution in [0.5, 0.6) is 17.5 Å². The lowest BCUT2D eigenvalue weighted by Gasteiger charge is -2.38. The topological polar surface area (TPSA) is 166 Å². The number of nitrogens with one attached hydrogen (secondary N) is 2. The summed E-state index contributed by atoms with van der Waals surface area (Å²) in [5.41, 5.74) is 5.35. The first kappa shape index (κ1) is 46.5. The number of piperidine rings is 1. The highest BCUT2D eigenvalue weighted by Gasteiger charge is 2.38. The minimum Gasteiger partial charge on any atom is -0.487 e. The van der Waals surface area contributed by atoms with Gasteiger partial charge in [-0.15, -0.1) is 0 Å². The number of aryl methyl sites for hydroxylation is 1. The van der Waals surface area contributed by atoms with Crippen LogP contribution in [0.25, 0.3) is 27.5 Å². The monoisotopic (exact) mass is 975 g/mol. The fourth-order valence-electron chi connectivity index (χ4n) is 9.30. The van der Waals surface area contributed by atoms with Crippen molar-refractivity contribution in [2.24, 2.45) is 18.9 Å². The molecule has 2 amide bonds. The molecule has 2 aromatic heterocycles. The summed E-state index contributed by atoms with van der Waals surface area (Å²) in [6.07, 6.45) is 0.998. The van der Waals surface area contributed by atoms with Gasteiger partial charge in [0.2, 0.25) is 17.7 Å². The van der Waals surface area contributed by atoms with Crippen molar-refractivity contribution in [2.75, 3.05) is 34.2 Å². The van der Waals surface area contributed by atoms with Gasteiger partial charge in [0.15, 0.2) is 5.82 Å². The zero-order chi connectivity index (χ0) is 49.2. The van der Waals surface area contributed by atoms with Crippen LogP contribution in [0.3, 0.4) is 0 Å². The number of fused-ring (bicyclic) bond motifs is 2. The van der Waals surface area contributed by atoms with Crippen molar-refractivity contribution in [3.05, 3.63) is 179 Å². The molecular formula is C54H50FN7O8S. The first-order chi connectivity index (χ1) is 34.4. The predicted molar refractivity (Wildman–Crippen MR) is 270 cm³/mol. The number of aromatic nitrogens is 3. The number of benzene rings is 6. The molecule has 17 heteroatoms. The van der Waals surface area contributed by atoms with Crippen molar-refractivity contribution in [3.63, 3.8) is 0 Å². The Balaban J connectivity index is 0.834. The maximum Gasteiger partial charge on any atom is 0.333 e. The number of ether oxygens (including phenoxy) is 3. The Morgan fingerprint density at radius 1 is 0.789 bits per heavy atom. The van der Waals surface area contributed by atoms with E-state index in [1.54, 1.807) is 40.4 Å². The van der Waals surface area contributed by atoms with E-state index in [1.807, 2.05) is 114 Å². The molecule has 71 heavy (non-hydrogen) atoms. The number of carbonyl (C=O) groups excluding carboxylic acids is 2. The highest BCUT2D eigenvalue weighted by molar-refractivity contribution is 7.92. The second kappa shape index (κ2) is 19.7. The first-order valence-corrected chi connectivity index (χ1v) is 24.7. The molecule has 2 aliphatic rings. The van der Waals surface area contributed by atoms with E-state index in [4.69, 9.17) is 19.2 Å². The number of pyridine rings is 1. The minimum atomic E-state index is -4.36. The third kappa shape index (κ3) is 9.86. The van der Waals surface area contributed by atoms with Crippen LogP contribution < -0.4 is 39.1 Å². The summed E-state index contributed by atoms with van der Waals surface area (Å²) in [4.78, 5) is 46.9. The average Bonchev–Trinajstić information content (AvgIpc) is 3.80. The van der Waals surface area contributed by atoms with Crippen LogP contribution in [0, 0.1) is 17.7 Å². The number of imidazole rings is 1. The quantitative estimate of drug-likeness (QED) is 0.102. The van der Waals surface area contributed by atoms with Crippen molar-refractivity contribution in [1.29, 1.82) is 0 Å². The number of carbonyl (C=O) groups is 2. The molecule has 0 spiro atoms.